The van der Waals surface area contributed by atoms with Crippen LogP contribution in [0.5, 0.6) is 5.75 Å². The molecule has 0 bridgehead atoms. The second-order valence-corrected chi connectivity index (χ2v) is 6.13. The van der Waals surface area contributed by atoms with Crippen molar-refractivity contribution in [2.24, 2.45) is 5.41 Å². The molecule has 3 rings (SSSR count). The molecule has 116 valence electrons. The van der Waals surface area contributed by atoms with Gasteiger partial charge in [0.15, 0.2) is 5.82 Å². The van der Waals surface area contributed by atoms with E-state index in [1.807, 2.05) is 31.2 Å². The number of nitrogens with zero attached hydrogens (tertiary/aromatic N) is 3. The fraction of sp³-hybridized carbons (Fsp3) is 0.500. The number of ether oxygens (including phenoxy) is 1. The summed E-state index contributed by atoms with van der Waals surface area (Å²) in [5, 5.41) is 13.8. The van der Waals surface area contributed by atoms with Crippen LogP contribution in [0.25, 0.3) is 0 Å². The quantitative estimate of drug-likeness (QED) is 0.916. The summed E-state index contributed by atoms with van der Waals surface area (Å²) in [6, 6.07) is 7.81. The zero-order valence-electron chi connectivity index (χ0n) is 12.7. The molecule has 6 heteroatoms. The second-order valence-electron chi connectivity index (χ2n) is 6.13. The van der Waals surface area contributed by atoms with E-state index in [-0.39, 0.29) is 5.41 Å². The highest BCUT2D eigenvalue weighted by molar-refractivity contribution is 5.85. The van der Waals surface area contributed by atoms with Crippen molar-refractivity contribution in [3.05, 3.63) is 35.7 Å². The number of tetrazole rings is 1. The molecule has 1 saturated carbocycles. The summed E-state index contributed by atoms with van der Waals surface area (Å²) in [4.78, 5) is 12.1. The van der Waals surface area contributed by atoms with Crippen LogP contribution < -0.4 is 4.74 Å². The van der Waals surface area contributed by atoms with Crippen LogP contribution in [0.1, 0.15) is 44.0 Å². The van der Waals surface area contributed by atoms with Gasteiger partial charge in [0.25, 0.3) is 0 Å². The minimum atomic E-state index is -0.332. The van der Waals surface area contributed by atoms with Crippen molar-refractivity contribution in [1.29, 1.82) is 0 Å². The van der Waals surface area contributed by atoms with Gasteiger partial charge in [0, 0.05) is 12.8 Å². The SMILES string of the molecule is CC1(COc2ccc(Cc3nn[nH]n3)cc2)CCCCC1=O. The predicted octanol–water partition coefficient (Wildman–Crippen LogP) is 2.32. The number of hydrogen-bond acceptors (Lipinski definition) is 5. The number of aromatic amines is 1. The van der Waals surface area contributed by atoms with Crippen LogP contribution in [0.4, 0.5) is 0 Å². The van der Waals surface area contributed by atoms with Gasteiger partial charge in [0.2, 0.25) is 0 Å². The lowest BCUT2D eigenvalue weighted by atomic mass is 9.75. The number of nitrogens with one attached hydrogen (secondary N) is 1. The topological polar surface area (TPSA) is 80.8 Å². The minimum Gasteiger partial charge on any atom is -0.493 e. The molecule has 22 heavy (non-hydrogen) atoms. The number of benzene rings is 1. The van der Waals surface area contributed by atoms with Crippen LogP contribution in [-0.2, 0) is 11.2 Å². The number of aromatic nitrogens is 4. The van der Waals surface area contributed by atoms with Crippen molar-refractivity contribution < 1.29 is 9.53 Å². The van der Waals surface area contributed by atoms with Gasteiger partial charge in [0.05, 0.1) is 5.41 Å². The van der Waals surface area contributed by atoms with Gasteiger partial charge in [-0.1, -0.05) is 23.8 Å². The van der Waals surface area contributed by atoms with Crippen molar-refractivity contribution >= 4 is 5.78 Å². The average molecular weight is 300 g/mol. The highest BCUT2D eigenvalue weighted by atomic mass is 16.5. The van der Waals surface area contributed by atoms with Crippen LogP contribution in [-0.4, -0.2) is 33.0 Å². The Morgan fingerprint density at radius 2 is 2.09 bits per heavy atom. The van der Waals surface area contributed by atoms with Gasteiger partial charge in [-0.05, 0) is 37.5 Å². The molecule has 1 N–H and O–H groups in total. The summed E-state index contributed by atoms with van der Waals surface area (Å²) in [5.74, 6) is 1.78. The lowest BCUT2D eigenvalue weighted by molar-refractivity contribution is -0.132. The maximum atomic E-state index is 12.1. The van der Waals surface area contributed by atoms with Crippen LogP contribution in [0.15, 0.2) is 24.3 Å². The van der Waals surface area contributed by atoms with E-state index in [2.05, 4.69) is 20.6 Å². The molecule has 2 aromatic rings. The fourth-order valence-electron chi connectivity index (χ4n) is 2.78. The summed E-state index contributed by atoms with van der Waals surface area (Å²) in [5.41, 5.74) is 0.760. The van der Waals surface area contributed by atoms with E-state index >= 15 is 0 Å². The minimum absolute atomic E-state index is 0.326. The maximum Gasteiger partial charge on any atom is 0.178 e. The Balaban J connectivity index is 1.58. The highest BCUT2D eigenvalue weighted by Gasteiger charge is 2.35. The summed E-state index contributed by atoms with van der Waals surface area (Å²) in [6.07, 6.45) is 4.35. The first-order valence-electron chi connectivity index (χ1n) is 7.63. The van der Waals surface area contributed by atoms with Gasteiger partial charge in [-0.2, -0.15) is 5.21 Å². The first kappa shape index (κ1) is 14.7. The number of ketones is 1. The van der Waals surface area contributed by atoms with Gasteiger partial charge in [-0.15, -0.1) is 10.2 Å². The van der Waals surface area contributed by atoms with Crippen molar-refractivity contribution in [1.82, 2.24) is 20.6 Å². The summed E-state index contributed by atoms with van der Waals surface area (Å²) >= 11 is 0. The number of hydrogen-bond donors (Lipinski definition) is 1. The van der Waals surface area contributed by atoms with E-state index in [4.69, 9.17) is 4.74 Å². The van der Waals surface area contributed by atoms with Gasteiger partial charge in [-0.3, -0.25) is 4.79 Å². The molecule has 0 aliphatic heterocycles. The van der Waals surface area contributed by atoms with Gasteiger partial charge in [0.1, 0.15) is 18.1 Å². The van der Waals surface area contributed by atoms with Crippen molar-refractivity contribution in [2.45, 2.75) is 39.0 Å². The first-order valence-corrected chi connectivity index (χ1v) is 7.63. The lowest BCUT2D eigenvalue weighted by Crippen LogP contribution is -2.36. The van der Waals surface area contributed by atoms with Crippen LogP contribution >= 0.6 is 0 Å². The first-order chi connectivity index (χ1) is 10.7. The molecule has 0 radical (unpaired) electrons. The van der Waals surface area contributed by atoms with E-state index < -0.39 is 0 Å². The Labute approximate surface area is 129 Å². The third-order valence-corrected chi connectivity index (χ3v) is 4.29. The zero-order chi connectivity index (χ0) is 15.4. The molecule has 0 amide bonds. The largest absolute Gasteiger partial charge is 0.493 e. The Morgan fingerprint density at radius 3 is 2.77 bits per heavy atom. The van der Waals surface area contributed by atoms with Crippen molar-refractivity contribution in [3.63, 3.8) is 0 Å². The summed E-state index contributed by atoms with van der Waals surface area (Å²) in [7, 11) is 0. The van der Waals surface area contributed by atoms with Gasteiger partial charge in [-0.25, -0.2) is 0 Å². The van der Waals surface area contributed by atoms with Gasteiger partial charge >= 0.3 is 0 Å². The number of carbonyl (C=O) groups is 1. The van der Waals surface area contributed by atoms with E-state index in [0.29, 0.717) is 31.1 Å². The smallest absolute Gasteiger partial charge is 0.178 e. The van der Waals surface area contributed by atoms with E-state index in [1.165, 1.54) is 0 Å². The number of H-pyrrole nitrogens is 1. The number of carbonyl (C=O) groups excluding carboxylic acids is 1. The molecule has 1 aliphatic rings. The molecular formula is C16H20N4O2. The molecule has 1 heterocycles. The van der Waals surface area contributed by atoms with E-state index in [9.17, 15) is 4.79 Å². The zero-order valence-corrected chi connectivity index (χ0v) is 12.7. The number of rotatable bonds is 5. The van der Waals surface area contributed by atoms with Crippen LogP contribution in [0.2, 0.25) is 0 Å². The summed E-state index contributed by atoms with van der Waals surface area (Å²) in [6.45, 7) is 2.47. The molecule has 1 aliphatic carbocycles. The standard InChI is InChI=1S/C16H20N4O2/c1-16(9-3-2-4-14(16)21)11-22-13-7-5-12(6-8-13)10-15-17-19-20-18-15/h5-8H,2-4,9-11H2,1H3,(H,17,18,19,20). The second kappa shape index (κ2) is 6.25. The Bertz CT molecular complexity index is 624. The third-order valence-electron chi connectivity index (χ3n) is 4.29. The average Bonchev–Trinajstić information content (AvgIpc) is 3.03. The maximum absolute atomic E-state index is 12.1. The normalized spacial score (nSPS) is 21.8. The van der Waals surface area contributed by atoms with E-state index in [1.54, 1.807) is 0 Å². The van der Waals surface area contributed by atoms with Gasteiger partial charge < -0.3 is 4.74 Å². The highest BCUT2D eigenvalue weighted by Crippen LogP contribution is 2.33. The molecule has 1 aromatic heterocycles. The Morgan fingerprint density at radius 1 is 1.27 bits per heavy atom. The lowest BCUT2D eigenvalue weighted by Gasteiger charge is -2.31. The van der Waals surface area contributed by atoms with E-state index in [0.717, 1.165) is 30.6 Å². The molecule has 1 fully saturated rings. The molecule has 0 spiro atoms. The third kappa shape index (κ3) is 3.32. The fourth-order valence-corrected chi connectivity index (χ4v) is 2.78. The van der Waals surface area contributed by atoms with Crippen molar-refractivity contribution in [2.75, 3.05) is 6.61 Å². The number of Topliss-reactive ketones (excluding diaryl/α,β-unsaturated/α-hetero) is 1. The van der Waals surface area contributed by atoms with Crippen molar-refractivity contribution in [3.8, 4) is 5.75 Å². The predicted molar refractivity (Wildman–Crippen MR) is 80.5 cm³/mol. The molecular weight excluding hydrogens is 280 g/mol. The molecule has 1 aromatic carbocycles. The molecule has 1 unspecified atom stereocenters. The molecule has 6 nitrogen and oxygen atoms in total. The molecule has 0 saturated heterocycles. The monoisotopic (exact) mass is 300 g/mol. The van der Waals surface area contributed by atoms with Crippen LogP contribution in [0.3, 0.4) is 0 Å². The summed E-state index contributed by atoms with van der Waals surface area (Å²) < 4.78 is 5.84. The molecule has 1 atom stereocenters. The Hall–Kier alpha value is -2.24. The van der Waals surface area contributed by atoms with Crippen LogP contribution in [0, 0.1) is 5.41 Å². The Kier molecular flexibility index (Phi) is 4.18.